The molecular formula is C23H26N4OS2. The first kappa shape index (κ1) is 19.8. The minimum absolute atomic E-state index is 0.0758. The number of carbonyl (C=O) groups excluding carboxylic acids is 1. The summed E-state index contributed by atoms with van der Waals surface area (Å²) in [5.74, 6) is 1.09. The van der Waals surface area contributed by atoms with Crippen LogP contribution >= 0.6 is 23.1 Å². The molecule has 0 unspecified atom stereocenters. The van der Waals surface area contributed by atoms with Crippen molar-refractivity contribution in [2.45, 2.75) is 67.9 Å². The average molecular weight is 439 g/mol. The van der Waals surface area contributed by atoms with Gasteiger partial charge in [-0.1, -0.05) is 42.1 Å². The number of fused-ring (bicyclic) bond motifs is 1. The first-order chi connectivity index (χ1) is 14.7. The third kappa shape index (κ3) is 4.18. The molecule has 2 aliphatic carbocycles. The molecule has 3 aromatic rings. The second-order valence-corrected chi connectivity index (χ2v) is 10.5. The van der Waals surface area contributed by atoms with E-state index in [2.05, 4.69) is 61.9 Å². The number of hydrogen-bond donors (Lipinski definition) is 1. The van der Waals surface area contributed by atoms with Gasteiger partial charge >= 0.3 is 0 Å². The van der Waals surface area contributed by atoms with Crippen molar-refractivity contribution in [2.75, 3.05) is 0 Å². The molecule has 1 amide bonds. The van der Waals surface area contributed by atoms with Crippen molar-refractivity contribution in [2.24, 2.45) is 0 Å². The van der Waals surface area contributed by atoms with Gasteiger partial charge in [0.15, 0.2) is 5.16 Å². The number of benzene rings is 1. The third-order valence-corrected chi connectivity index (χ3v) is 7.83. The summed E-state index contributed by atoms with van der Waals surface area (Å²) in [6.45, 7) is 1.97. The van der Waals surface area contributed by atoms with Crippen LogP contribution in [-0.4, -0.2) is 25.9 Å². The van der Waals surface area contributed by atoms with Gasteiger partial charge in [-0.25, -0.2) is 0 Å². The van der Waals surface area contributed by atoms with Crippen LogP contribution in [-0.2, 0) is 17.6 Å². The van der Waals surface area contributed by atoms with Crippen molar-refractivity contribution in [3.63, 3.8) is 0 Å². The number of amides is 1. The number of aryl methyl sites for hydroxylation is 1. The van der Waals surface area contributed by atoms with Crippen molar-refractivity contribution in [1.29, 1.82) is 0 Å². The molecule has 5 nitrogen and oxygen atoms in total. The molecule has 2 aromatic heterocycles. The molecule has 1 fully saturated rings. The Morgan fingerprint density at radius 3 is 2.90 bits per heavy atom. The Balaban J connectivity index is 1.28. The highest BCUT2D eigenvalue weighted by Gasteiger charge is 2.31. The van der Waals surface area contributed by atoms with Crippen LogP contribution in [0, 0.1) is 0 Å². The molecule has 1 aromatic carbocycles. The predicted octanol–water partition coefficient (Wildman–Crippen LogP) is 4.94. The zero-order valence-electron chi connectivity index (χ0n) is 17.1. The Hall–Kier alpha value is -2.12. The maximum Gasteiger partial charge on any atom is 0.233 e. The summed E-state index contributed by atoms with van der Waals surface area (Å²) in [5, 5.41) is 15.0. The number of aromatic nitrogens is 3. The lowest BCUT2D eigenvalue weighted by Gasteiger charge is -2.27. The second-order valence-electron chi connectivity index (χ2n) is 8.17. The van der Waals surface area contributed by atoms with E-state index in [4.69, 9.17) is 0 Å². The molecule has 1 N–H and O–H groups in total. The minimum atomic E-state index is -0.213. The fourth-order valence-electron chi connectivity index (χ4n) is 4.18. The number of rotatable bonds is 7. The first-order valence-electron chi connectivity index (χ1n) is 10.7. The second kappa shape index (κ2) is 8.55. The lowest BCUT2D eigenvalue weighted by molar-refractivity contribution is -0.121. The molecule has 0 spiro atoms. The smallest absolute Gasteiger partial charge is 0.233 e. The summed E-state index contributed by atoms with van der Waals surface area (Å²) in [7, 11) is 0. The molecule has 0 bridgehead atoms. The van der Waals surface area contributed by atoms with Crippen molar-refractivity contribution in [3.8, 4) is 0 Å². The summed E-state index contributed by atoms with van der Waals surface area (Å²) >= 11 is 3.28. The first-order valence-corrected chi connectivity index (χ1v) is 12.5. The number of nitrogens with one attached hydrogen (secondary N) is 1. The van der Waals surface area contributed by atoms with Gasteiger partial charge in [-0.2, -0.15) is 0 Å². The van der Waals surface area contributed by atoms with Crippen molar-refractivity contribution >= 4 is 29.0 Å². The predicted molar refractivity (Wildman–Crippen MR) is 121 cm³/mol. The SMILES string of the molecule is C[C@H](Sc1nnc(Cc2cccs2)n1C1CC1)C(=O)N[C@@H]1CCCc2ccccc21. The Kier molecular flexibility index (Phi) is 5.65. The van der Waals surface area contributed by atoms with E-state index in [-0.39, 0.29) is 17.2 Å². The molecule has 0 aliphatic heterocycles. The molecule has 156 valence electrons. The van der Waals surface area contributed by atoms with Gasteiger partial charge in [0.1, 0.15) is 5.82 Å². The molecule has 0 saturated heterocycles. The van der Waals surface area contributed by atoms with Gasteiger partial charge in [0, 0.05) is 17.3 Å². The fraction of sp³-hybridized carbons (Fsp3) is 0.435. The van der Waals surface area contributed by atoms with Gasteiger partial charge in [0.2, 0.25) is 5.91 Å². The molecule has 1 saturated carbocycles. The summed E-state index contributed by atoms with van der Waals surface area (Å²) in [6, 6.07) is 13.3. The van der Waals surface area contributed by atoms with E-state index >= 15 is 0 Å². The third-order valence-electron chi connectivity index (χ3n) is 5.90. The van der Waals surface area contributed by atoms with Crippen LogP contribution < -0.4 is 5.32 Å². The summed E-state index contributed by atoms with van der Waals surface area (Å²) < 4.78 is 2.27. The molecule has 30 heavy (non-hydrogen) atoms. The number of hydrogen-bond acceptors (Lipinski definition) is 5. The van der Waals surface area contributed by atoms with Crippen molar-refractivity contribution in [1.82, 2.24) is 20.1 Å². The van der Waals surface area contributed by atoms with E-state index in [0.717, 1.165) is 36.7 Å². The Labute approximate surface area is 185 Å². The lowest BCUT2D eigenvalue weighted by Crippen LogP contribution is -2.36. The molecule has 2 heterocycles. The zero-order chi connectivity index (χ0) is 20.5. The Bertz CT molecular complexity index is 1030. The fourth-order valence-corrected chi connectivity index (χ4v) is 5.83. The van der Waals surface area contributed by atoms with Gasteiger partial charge in [0.25, 0.3) is 0 Å². The van der Waals surface area contributed by atoms with Crippen LogP contribution in [0.1, 0.15) is 66.5 Å². The minimum Gasteiger partial charge on any atom is -0.348 e. The Morgan fingerprint density at radius 2 is 2.10 bits per heavy atom. The monoisotopic (exact) mass is 438 g/mol. The number of carbonyl (C=O) groups is 1. The molecular weight excluding hydrogens is 412 g/mol. The van der Waals surface area contributed by atoms with Gasteiger partial charge in [-0.15, -0.1) is 21.5 Å². The number of thioether (sulfide) groups is 1. The van der Waals surface area contributed by atoms with E-state index in [9.17, 15) is 4.79 Å². The van der Waals surface area contributed by atoms with Crippen molar-refractivity contribution < 1.29 is 4.79 Å². The summed E-state index contributed by atoms with van der Waals surface area (Å²) in [5.41, 5.74) is 2.63. The normalized spacial score (nSPS) is 19.3. The maximum absolute atomic E-state index is 13.0. The number of nitrogens with zero attached hydrogens (tertiary/aromatic N) is 3. The van der Waals surface area contributed by atoms with Crippen LogP contribution in [0.5, 0.6) is 0 Å². The average Bonchev–Trinajstić information content (AvgIpc) is 3.32. The molecule has 5 rings (SSSR count). The molecule has 0 radical (unpaired) electrons. The van der Waals surface area contributed by atoms with Gasteiger partial charge < -0.3 is 9.88 Å². The van der Waals surface area contributed by atoms with Gasteiger partial charge in [0.05, 0.1) is 11.3 Å². The van der Waals surface area contributed by atoms with Crippen LogP contribution in [0.2, 0.25) is 0 Å². The van der Waals surface area contributed by atoms with Crippen LogP contribution in [0.15, 0.2) is 46.9 Å². The van der Waals surface area contributed by atoms with E-state index in [0.29, 0.717) is 6.04 Å². The van der Waals surface area contributed by atoms with Gasteiger partial charge in [-0.3, -0.25) is 4.79 Å². The van der Waals surface area contributed by atoms with Crippen LogP contribution in [0.4, 0.5) is 0 Å². The summed E-state index contributed by atoms with van der Waals surface area (Å²) in [6.07, 6.45) is 6.37. The van der Waals surface area contributed by atoms with E-state index < -0.39 is 0 Å². The Morgan fingerprint density at radius 1 is 1.23 bits per heavy atom. The van der Waals surface area contributed by atoms with Crippen LogP contribution in [0.25, 0.3) is 0 Å². The van der Waals surface area contributed by atoms with Gasteiger partial charge in [-0.05, 0) is 61.6 Å². The highest BCUT2D eigenvalue weighted by atomic mass is 32.2. The van der Waals surface area contributed by atoms with E-state index in [1.165, 1.54) is 40.6 Å². The van der Waals surface area contributed by atoms with Crippen LogP contribution in [0.3, 0.4) is 0 Å². The standard InChI is InChI=1S/C23H26N4OS2/c1-15(22(28)24-20-10-4-7-16-6-2-3-9-19(16)20)30-23-26-25-21(27(23)17-11-12-17)14-18-8-5-13-29-18/h2-3,5-6,8-9,13,15,17,20H,4,7,10-12,14H2,1H3,(H,24,28)/t15-,20+/m0/s1. The highest BCUT2D eigenvalue weighted by molar-refractivity contribution is 8.00. The van der Waals surface area contributed by atoms with Crippen molar-refractivity contribution in [3.05, 3.63) is 63.6 Å². The molecule has 7 heteroatoms. The highest BCUT2D eigenvalue weighted by Crippen LogP contribution is 2.40. The van der Waals surface area contributed by atoms with E-state index in [1.807, 2.05) is 6.92 Å². The maximum atomic E-state index is 13.0. The quantitative estimate of drug-likeness (QED) is 0.531. The largest absolute Gasteiger partial charge is 0.348 e. The van der Waals surface area contributed by atoms with E-state index in [1.54, 1.807) is 11.3 Å². The molecule has 2 atom stereocenters. The lowest BCUT2D eigenvalue weighted by atomic mass is 9.88. The zero-order valence-corrected chi connectivity index (χ0v) is 18.7. The number of thiophene rings is 1. The summed E-state index contributed by atoms with van der Waals surface area (Å²) in [4.78, 5) is 14.3. The topological polar surface area (TPSA) is 59.8 Å². The molecule has 2 aliphatic rings.